The second-order valence-electron chi connectivity index (χ2n) is 6.13. The smallest absolute Gasteiger partial charge is 0.353 e. The van der Waals surface area contributed by atoms with E-state index in [4.69, 9.17) is 17.3 Å². The van der Waals surface area contributed by atoms with Crippen molar-refractivity contribution >= 4 is 34.9 Å². The van der Waals surface area contributed by atoms with Crippen LogP contribution in [0.15, 0.2) is 24.3 Å². The quantitative estimate of drug-likeness (QED) is 0.600. The lowest BCUT2D eigenvalue weighted by molar-refractivity contribution is -0.383. The fourth-order valence-corrected chi connectivity index (χ4v) is 2.86. The average molecular weight is 378 g/mol. The standard InChI is InChI=1S/C16H20ClN7O2/c1-22-6-8-23(9-7-22)15-13(24(25)26)14(18)20-16(21-15)19-10-11-2-4-12(17)5-3-11/h2-5H,6-10H2,1H3,(H3,18,19,20,21). The first-order valence-electron chi connectivity index (χ1n) is 8.18. The zero-order valence-electron chi connectivity index (χ0n) is 14.4. The van der Waals surface area contributed by atoms with E-state index in [-0.39, 0.29) is 23.3 Å². The predicted molar refractivity (Wildman–Crippen MR) is 102 cm³/mol. The molecule has 0 saturated carbocycles. The number of nitrogens with two attached hydrogens (primary N) is 1. The van der Waals surface area contributed by atoms with E-state index in [1.807, 2.05) is 24.1 Å². The minimum Gasteiger partial charge on any atom is -0.378 e. The molecular formula is C16H20ClN7O2. The minimum atomic E-state index is -0.522. The van der Waals surface area contributed by atoms with Crippen LogP contribution in [0.1, 0.15) is 5.56 Å². The number of aromatic nitrogens is 2. The zero-order valence-corrected chi connectivity index (χ0v) is 15.1. The molecule has 2 aromatic rings. The first-order valence-corrected chi connectivity index (χ1v) is 8.55. The van der Waals surface area contributed by atoms with Gasteiger partial charge in [-0.2, -0.15) is 9.97 Å². The van der Waals surface area contributed by atoms with Gasteiger partial charge in [-0.05, 0) is 24.7 Å². The Morgan fingerprint density at radius 3 is 2.50 bits per heavy atom. The van der Waals surface area contributed by atoms with E-state index >= 15 is 0 Å². The van der Waals surface area contributed by atoms with Gasteiger partial charge >= 0.3 is 5.69 Å². The van der Waals surface area contributed by atoms with Crippen LogP contribution in [0.5, 0.6) is 0 Å². The molecule has 2 heterocycles. The van der Waals surface area contributed by atoms with Gasteiger partial charge in [-0.15, -0.1) is 0 Å². The summed E-state index contributed by atoms with van der Waals surface area (Å²) in [6.45, 7) is 3.34. The number of benzene rings is 1. The highest BCUT2D eigenvalue weighted by atomic mass is 35.5. The third-order valence-electron chi connectivity index (χ3n) is 4.24. The molecule has 0 atom stereocenters. The number of anilines is 3. The summed E-state index contributed by atoms with van der Waals surface area (Å²) in [5, 5.41) is 15.2. The Kier molecular flexibility index (Phi) is 5.38. The third kappa shape index (κ3) is 4.12. The number of nitrogens with one attached hydrogen (secondary N) is 1. The number of piperazine rings is 1. The van der Waals surface area contributed by atoms with Crippen LogP contribution < -0.4 is 16.0 Å². The third-order valence-corrected chi connectivity index (χ3v) is 4.49. The van der Waals surface area contributed by atoms with Crippen molar-refractivity contribution in [3.8, 4) is 0 Å². The number of hydrogen-bond donors (Lipinski definition) is 2. The number of hydrogen-bond acceptors (Lipinski definition) is 8. The van der Waals surface area contributed by atoms with Crippen molar-refractivity contribution in [2.24, 2.45) is 0 Å². The molecule has 0 unspecified atom stereocenters. The molecule has 0 spiro atoms. The molecule has 26 heavy (non-hydrogen) atoms. The van der Waals surface area contributed by atoms with Gasteiger partial charge in [0.15, 0.2) is 0 Å². The molecule has 1 aliphatic rings. The summed E-state index contributed by atoms with van der Waals surface area (Å²) < 4.78 is 0. The molecule has 0 aliphatic carbocycles. The molecule has 3 N–H and O–H groups in total. The van der Waals surface area contributed by atoms with Gasteiger partial charge < -0.3 is 20.9 Å². The second-order valence-corrected chi connectivity index (χ2v) is 6.57. The first-order chi connectivity index (χ1) is 12.4. The highest BCUT2D eigenvalue weighted by Gasteiger charge is 2.29. The lowest BCUT2D eigenvalue weighted by Crippen LogP contribution is -2.45. The number of nitro groups is 1. The molecule has 1 saturated heterocycles. The van der Waals surface area contributed by atoms with Gasteiger partial charge in [0.2, 0.25) is 17.6 Å². The van der Waals surface area contributed by atoms with Gasteiger partial charge in [0, 0.05) is 37.7 Å². The maximum atomic E-state index is 11.4. The van der Waals surface area contributed by atoms with Crippen molar-refractivity contribution in [1.82, 2.24) is 14.9 Å². The second kappa shape index (κ2) is 7.71. The van der Waals surface area contributed by atoms with Crippen molar-refractivity contribution < 1.29 is 4.92 Å². The maximum absolute atomic E-state index is 11.4. The fraction of sp³-hybridized carbons (Fsp3) is 0.375. The monoisotopic (exact) mass is 377 g/mol. The fourth-order valence-electron chi connectivity index (χ4n) is 2.74. The highest BCUT2D eigenvalue weighted by molar-refractivity contribution is 6.30. The van der Waals surface area contributed by atoms with Gasteiger partial charge in [0.25, 0.3) is 0 Å². The van der Waals surface area contributed by atoms with Crippen molar-refractivity contribution in [2.45, 2.75) is 6.54 Å². The molecule has 0 radical (unpaired) electrons. The van der Waals surface area contributed by atoms with Crippen LogP contribution in [-0.2, 0) is 6.54 Å². The van der Waals surface area contributed by atoms with Crippen molar-refractivity contribution in [3.63, 3.8) is 0 Å². The van der Waals surface area contributed by atoms with Crippen LogP contribution in [-0.4, -0.2) is 53.0 Å². The minimum absolute atomic E-state index is 0.141. The van der Waals surface area contributed by atoms with Crippen molar-refractivity contribution in [2.75, 3.05) is 49.2 Å². The molecule has 1 aromatic carbocycles. The van der Waals surface area contributed by atoms with Crippen LogP contribution in [0.4, 0.5) is 23.3 Å². The summed E-state index contributed by atoms with van der Waals surface area (Å²) in [5.74, 6) is 0.378. The molecule has 3 rings (SSSR count). The van der Waals surface area contributed by atoms with Crippen LogP contribution in [0.25, 0.3) is 0 Å². The number of nitrogen functional groups attached to an aromatic ring is 1. The van der Waals surface area contributed by atoms with E-state index in [1.165, 1.54) is 0 Å². The number of likely N-dealkylation sites (N-methyl/N-ethyl adjacent to an activating group) is 1. The van der Waals surface area contributed by atoms with Gasteiger partial charge in [-0.3, -0.25) is 10.1 Å². The Morgan fingerprint density at radius 2 is 1.88 bits per heavy atom. The van der Waals surface area contributed by atoms with Crippen molar-refractivity contribution in [1.29, 1.82) is 0 Å². The first kappa shape index (κ1) is 18.2. The largest absolute Gasteiger partial charge is 0.378 e. The normalized spacial score (nSPS) is 15.1. The zero-order chi connectivity index (χ0) is 18.7. The highest BCUT2D eigenvalue weighted by Crippen LogP contribution is 2.32. The van der Waals surface area contributed by atoms with Gasteiger partial charge in [-0.25, -0.2) is 0 Å². The lowest BCUT2D eigenvalue weighted by atomic mass is 10.2. The van der Waals surface area contributed by atoms with E-state index in [0.29, 0.717) is 24.7 Å². The topological polar surface area (TPSA) is 113 Å². The summed E-state index contributed by atoms with van der Waals surface area (Å²) in [5.41, 5.74) is 6.60. The molecule has 10 heteroatoms. The molecule has 1 fully saturated rings. The molecule has 0 amide bonds. The molecule has 1 aromatic heterocycles. The summed E-state index contributed by atoms with van der Waals surface area (Å²) in [7, 11) is 2.01. The SMILES string of the molecule is CN1CCN(c2nc(NCc3ccc(Cl)cc3)nc(N)c2[N+](=O)[O-])CC1. The number of halogens is 1. The van der Waals surface area contributed by atoms with E-state index in [9.17, 15) is 10.1 Å². The van der Waals surface area contributed by atoms with E-state index in [1.54, 1.807) is 12.1 Å². The maximum Gasteiger partial charge on any atom is 0.353 e. The van der Waals surface area contributed by atoms with Gasteiger partial charge in [0.1, 0.15) is 0 Å². The molecular weight excluding hydrogens is 358 g/mol. The van der Waals surface area contributed by atoms with E-state index < -0.39 is 4.92 Å². The Bertz CT molecular complexity index is 792. The van der Waals surface area contributed by atoms with Crippen LogP contribution >= 0.6 is 11.6 Å². The van der Waals surface area contributed by atoms with Gasteiger partial charge in [0.05, 0.1) is 4.92 Å². The molecule has 9 nitrogen and oxygen atoms in total. The molecule has 1 aliphatic heterocycles. The van der Waals surface area contributed by atoms with Crippen molar-refractivity contribution in [3.05, 3.63) is 45.0 Å². The Morgan fingerprint density at radius 1 is 1.23 bits per heavy atom. The van der Waals surface area contributed by atoms with Gasteiger partial charge in [-0.1, -0.05) is 23.7 Å². The van der Waals surface area contributed by atoms with E-state index in [2.05, 4.69) is 20.2 Å². The van der Waals surface area contributed by atoms with Crippen LogP contribution in [0.2, 0.25) is 5.02 Å². The Balaban J connectivity index is 1.84. The summed E-state index contributed by atoms with van der Waals surface area (Å²) in [4.78, 5) is 23.4. The summed E-state index contributed by atoms with van der Waals surface area (Å²) in [6, 6.07) is 7.34. The molecule has 0 bridgehead atoms. The Labute approximate surface area is 155 Å². The van der Waals surface area contributed by atoms with E-state index in [0.717, 1.165) is 18.7 Å². The Hall–Kier alpha value is -2.65. The number of nitrogens with zero attached hydrogens (tertiary/aromatic N) is 5. The van der Waals surface area contributed by atoms with Crippen LogP contribution in [0, 0.1) is 10.1 Å². The summed E-state index contributed by atoms with van der Waals surface area (Å²) >= 11 is 5.88. The predicted octanol–water partition coefficient (Wildman–Crippen LogP) is 1.98. The number of rotatable bonds is 5. The average Bonchev–Trinajstić information content (AvgIpc) is 2.61. The lowest BCUT2D eigenvalue weighted by Gasteiger charge is -2.32. The summed E-state index contributed by atoms with van der Waals surface area (Å²) in [6.07, 6.45) is 0. The van der Waals surface area contributed by atoms with Crippen LogP contribution in [0.3, 0.4) is 0 Å². The molecule has 138 valence electrons.